The highest BCUT2D eigenvalue weighted by Crippen LogP contribution is 2.25. The maximum Gasteiger partial charge on any atom is 0.155 e. The Kier molecular flexibility index (Phi) is 5.11. The molecule has 112 valence electrons. The van der Waals surface area contributed by atoms with Crippen molar-refractivity contribution in [1.29, 1.82) is 0 Å². The van der Waals surface area contributed by atoms with E-state index in [1.165, 1.54) is 0 Å². The summed E-state index contributed by atoms with van der Waals surface area (Å²) in [5.74, 6) is 0.799. The summed E-state index contributed by atoms with van der Waals surface area (Å²) in [5, 5.41) is 4.50. The van der Waals surface area contributed by atoms with E-state index in [2.05, 4.69) is 5.10 Å². The number of benzene rings is 1. The van der Waals surface area contributed by atoms with Gasteiger partial charge in [-0.2, -0.15) is 5.10 Å². The lowest BCUT2D eigenvalue weighted by atomic mass is 10.2. The number of hydrogen-bond donors (Lipinski definition) is 0. The molecule has 1 heterocycles. The van der Waals surface area contributed by atoms with Gasteiger partial charge in [0.2, 0.25) is 0 Å². The number of para-hydroxylation sites is 1. The number of aldehydes is 1. The molecule has 0 unspecified atom stereocenters. The van der Waals surface area contributed by atoms with E-state index in [0.717, 1.165) is 23.5 Å². The quantitative estimate of drug-likeness (QED) is 0.580. The van der Waals surface area contributed by atoms with E-state index in [-0.39, 0.29) is 0 Å². The molecule has 0 radical (unpaired) electrons. The Hall–Kier alpha value is -2.14. The van der Waals surface area contributed by atoms with Crippen LogP contribution in [0.25, 0.3) is 5.69 Å². The van der Waals surface area contributed by atoms with Crippen LogP contribution in [0.15, 0.2) is 30.3 Å². The molecule has 1 aromatic heterocycles. The summed E-state index contributed by atoms with van der Waals surface area (Å²) in [7, 11) is 1.95. The van der Waals surface area contributed by atoms with E-state index in [1.54, 1.807) is 0 Å². The van der Waals surface area contributed by atoms with E-state index in [0.29, 0.717) is 25.3 Å². The molecule has 0 spiro atoms. The Morgan fingerprint density at radius 2 is 2.05 bits per heavy atom. The van der Waals surface area contributed by atoms with Crippen LogP contribution in [-0.2, 0) is 4.74 Å². The lowest BCUT2D eigenvalue weighted by molar-refractivity contribution is 0.112. The van der Waals surface area contributed by atoms with Crippen molar-refractivity contribution >= 4 is 12.1 Å². The fourth-order valence-corrected chi connectivity index (χ4v) is 2.23. The van der Waals surface area contributed by atoms with Crippen LogP contribution in [0.3, 0.4) is 0 Å². The van der Waals surface area contributed by atoms with Crippen molar-refractivity contribution in [3.63, 3.8) is 0 Å². The Morgan fingerprint density at radius 1 is 1.33 bits per heavy atom. The molecule has 0 atom stereocenters. The molecule has 5 nitrogen and oxygen atoms in total. The summed E-state index contributed by atoms with van der Waals surface area (Å²) in [5.41, 5.74) is 2.29. The molecular weight excluding hydrogens is 266 g/mol. The number of ether oxygens (including phenoxy) is 1. The summed E-state index contributed by atoms with van der Waals surface area (Å²) in [6, 6.07) is 9.81. The van der Waals surface area contributed by atoms with Crippen molar-refractivity contribution in [2.75, 3.05) is 31.7 Å². The number of hydrogen-bond acceptors (Lipinski definition) is 4. The van der Waals surface area contributed by atoms with Crippen LogP contribution < -0.4 is 4.90 Å². The van der Waals surface area contributed by atoms with Gasteiger partial charge in [-0.15, -0.1) is 0 Å². The Labute approximate surface area is 125 Å². The molecule has 0 aliphatic heterocycles. The Bertz CT molecular complexity index is 593. The van der Waals surface area contributed by atoms with Crippen molar-refractivity contribution < 1.29 is 9.53 Å². The minimum atomic E-state index is 0.615. The fraction of sp³-hybridized carbons (Fsp3) is 0.375. The maximum absolute atomic E-state index is 11.4. The second kappa shape index (κ2) is 7.04. The summed E-state index contributed by atoms with van der Waals surface area (Å²) in [4.78, 5) is 13.4. The summed E-state index contributed by atoms with van der Waals surface area (Å²) >= 11 is 0. The molecule has 0 saturated carbocycles. The van der Waals surface area contributed by atoms with Crippen LogP contribution in [0.2, 0.25) is 0 Å². The third-order valence-electron chi connectivity index (χ3n) is 3.34. The smallest absolute Gasteiger partial charge is 0.155 e. The first kappa shape index (κ1) is 15.3. The first-order valence-corrected chi connectivity index (χ1v) is 7.08. The third-order valence-corrected chi connectivity index (χ3v) is 3.34. The number of carbonyl (C=O) groups is 1. The maximum atomic E-state index is 11.4. The highest BCUT2D eigenvalue weighted by atomic mass is 16.5. The number of rotatable bonds is 7. The van der Waals surface area contributed by atoms with Gasteiger partial charge in [-0.1, -0.05) is 18.2 Å². The van der Waals surface area contributed by atoms with Crippen LogP contribution in [-0.4, -0.2) is 42.9 Å². The molecule has 21 heavy (non-hydrogen) atoms. The van der Waals surface area contributed by atoms with Crippen molar-refractivity contribution in [2.45, 2.75) is 13.8 Å². The highest BCUT2D eigenvalue weighted by Gasteiger charge is 2.19. The molecule has 5 heteroatoms. The van der Waals surface area contributed by atoms with Gasteiger partial charge in [-0.25, -0.2) is 4.68 Å². The monoisotopic (exact) mass is 287 g/mol. The molecule has 2 rings (SSSR count). The number of aromatic nitrogens is 2. The average molecular weight is 287 g/mol. The van der Waals surface area contributed by atoms with Gasteiger partial charge in [0.1, 0.15) is 5.82 Å². The van der Waals surface area contributed by atoms with E-state index in [1.807, 2.05) is 60.8 Å². The lowest BCUT2D eigenvalue weighted by Crippen LogP contribution is -2.26. The fourth-order valence-electron chi connectivity index (χ4n) is 2.23. The predicted molar refractivity (Wildman–Crippen MR) is 83.5 cm³/mol. The number of carbonyl (C=O) groups excluding carboxylic acids is 1. The normalized spacial score (nSPS) is 10.6. The van der Waals surface area contributed by atoms with Crippen molar-refractivity contribution in [3.8, 4) is 5.69 Å². The van der Waals surface area contributed by atoms with E-state index < -0.39 is 0 Å². The molecule has 0 amide bonds. The van der Waals surface area contributed by atoms with Crippen LogP contribution in [0.1, 0.15) is 23.0 Å². The van der Waals surface area contributed by atoms with Gasteiger partial charge < -0.3 is 9.64 Å². The zero-order valence-corrected chi connectivity index (χ0v) is 12.7. The zero-order valence-electron chi connectivity index (χ0n) is 12.7. The van der Waals surface area contributed by atoms with Crippen LogP contribution in [0, 0.1) is 6.92 Å². The molecule has 0 saturated heterocycles. The first-order valence-electron chi connectivity index (χ1n) is 7.08. The molecule has 2 aromatic rings. The molecule has 0 N–H and O–H groups in total. The lowest BCUT2D eigenvalue weighted by Gasteiger charge is -2.21. The summed E-state index contributed by atoms with van der Waals surface area (Å²) in [6.07, 6.45) is 0.869. The van der Waals surface area contributed by atoms with Crippen molar-refractivity contribution in [2.24, 2.45) is 0 Å². The van der Waals surface area contributed by atoms with Gasteiger partial charge in [0.05, 0.1) is 23.6 Å². The van der Waals surface area contributed by atoms with E-state index in [4.69, 9.17) is 4.74 Å². The van der Waals surface area contributed by atoms with Gasteiger partial charge in [0, 0.05) is 20.2 Å². The molecule has 0 aliphatic carbocycles. The molecule has 0 aliphatic rings. The second-order valence-electron chi connectivity index (χ2n) is 4.81. The Balaban J connectivity index is 2.39. The van der Waals surface area contributed by atoms with Gasteiger partial charge in [0.25, 0.3) is 0 Å². The predicted octanol–water partition coefficient (Wildman–Crippen LogP) is 2.47. The van der Waals surface area contributed by atoms with Crippen LogP contribution in [0.4, 0.5) is 5.82 Å². The zero-order chi connectivity index (χ0) is 15.2. The van der Waals surface area contributed by atoms with Gasteiger partial charge in [-0.05, 0) is 26.0 Å². The minimum absolute atomic E-state index is 0.615. The topological polar surface area (TPSA) is 47.4 Å². The molecule has 0 fully saturated rings. The second-order valence-corrected chi connectivity index (χ2v) is 4.81. The number of aryl methyl sites for hydroxylation is 1. The number of anilines is 1. The number of nitrogens with zero attached hydrogens (tertiary/aromatic N) is 3. The van der Waals surface area contributed by atoms with Crippen LogP contribution >= 0.6 is 0 Å². The minimum Gasteiger partial charge on any atom is -0.380 e. The third kappa shape index (κ3) is 3.31. The largest absolute Gasteiger partial charge is 0.380 e. The van der Waals surface area contributed by atoms with Crippen molar-refractivity contribution in [1.82, 2.24) is 9.78 Å². The molecule has 0 bridgehead atoms. The van der Waals surface area contributed by atoms with Gasteiger partial charge in [0.15, 0.2) is 6.29 Å². The van der Waals surface area contributed by atoms with E-state index in [9.17, 15) is 4.79 Å². The number of likely N-dealkylation sites (N-methyl/N-ethyl adjacent to an activating group) is 1. The SMILES string of the molecule is CCOCCN(C)c1c(C=O)c(C)nn1-c1ccccc1. The first-order chi connectivity index (χ1) is 10.2. The van der Waals surface area contributed by atoms with Gasteiger partial charge >= 0.3 is 0 Å². The van der Waals surface area contributed by atoms with Gasteiger partial charge in [-0.3, -0.25) is 4.79 Å². The van der Waals surface area contributed by atoms with Crippen molar-refractivity contribution in [3.05, 3.63) is 41.6 Å². The van der Waals surface area contributed by atoms with Crippen LogP contribution in [0.5, 0.6) is 0 Å². The summed E-state index contributed by atoms with van der Waals surface area (Å²) in [6.45, 7) is 5.82. The molecule has 1 aromatic carbocycles. The average Bonchev–Trinajstić information content (AvgIpc) is 2.85. The summed E-state index contributed by atoms with van der Waals surface area (Å²) < 4.78 is 7.20. The van der Waals surface area contributed by atoms with E-state index >= 15 is 0 Å². The molecular formula is C16H21N3O2. The standard InChI is InChI=1S/C16H21N3O2/c1-4-21-11-10-18(3)16-15(12-20)13(2)17-19(16)14-8-6-5-7-9-14/h5-9,12H,4,10-11H2,1-3H3. The highest BCUT2D eigenvalue weighted by molar-refractivity contribution is 5.85. The Morgan fingerprint density at radius 3 is 2.67 bits per heavy atom.